The number of thioether (sulfide) groups is 1. The van der Waals surface area contributed by atoms with Crippen LogP contribution in [0.15, 0.2) is 46.5 Å². The van der Waals surface area contributed by atoms with Crippen LogP contribution in [0.2, 0.25) is 0 Å². The van der Waals surface area contributed by atoms with E-state index in [1.165, 1.54) is 24.0 Å². The molecule has 1 fully saturated rings. The zero-order valence-corrected chi connectivity index (χ0v) is 20.9. The number of ether oxygens (including phenoxy) is 2. The van der Waals surface area contributed by atoms with Crippen LogP contribution in [0.25, 0.3) is 0 Å². The smallest absolute Gasteiger partial charge is 0.235 e. The van der Waals surface area contributed by atoms with Crippen LogP contribution in [-0.4, -0.2) is 55.1 Å². The first-order valence-electron chi connectivity index (χ1n) is 11.8. The highest BCUT2D eigenvalue weighted by Gasteiger charge is 2.37. The molecule has 3 atom stereocenters. The third-order valence-corrected chi connectivity index (χ3v) is 8.01. The molecule has 0 radical (unpaired) electrons. The van der Waals surface area contributed by atoms with Crippen molar-refractivity contribution >= 4 is 23.5 Å². The number of fused-ring (bicyclic) bond motifs is 1. The second-order valence-corrected chi connectivity index (χ2v) is 10.2. The first-order chi connectivity index (χ1) is 16.0. The highest BCUT2D eigenvalue weighted by Crippen LogP contribution is 2.37. The number of likely N-dealkylation sites (N-methyl/N-ethyl adjacent to an activating group) is 1. The summed E-state index contributed by atoms with van der Waals surface area (Å²) in [6.07, 6.45) is 9.93. The Morgan fingerprint density at radius 2 is 2.03 bits per heavy atom. The van der Waals surface area contributed by atoms with Gasteiger partial charge in [-0.2, -0.15) is 0 Å². The molecule has 178 valence electrons. The molecule has 6 nitrogen and oxygen atoms in total. The number of carbonyl (C=O) groups excluding carboxylic acids is 1. The molecule has 33 heavy (non-hydrogen) atoms. The van der Waals surface area contributed by atoms with Crippen LogP contribution in [-0.2, 0) is 11.3 Å². The van der Waals surface area contributed by atoms with E-state index in [4.69, 9.17) is 9.47 Å². The number of amides is 1. The molecule has 1 aliphatic heterocycles. The number of nitrogens with zero attached hydrogens (tertiary/aromatic N) is 2. The molecule has 3 unspecified atom stereocenters. The lowest BCUT2D eigenvalue weighted by molar-refractivity contribution is -0.117. The summed E-state index contributed by atoms with van der Waals surface area (Å²) in [6, 6.07) is 6.44. The van der Waals surface area contributed by atoms with Gasteiger partial charge in [0.25, 0.3) is 0 Å². The van der Waals surface area contributed by atoms with Gasteiger partial charge < -0.3 is 14.8 Å². The number of dihydropyridines is 1. The Morgan fingerprint density at radius 3 is 2.76 bits per heavy atom. The second-order valence-electron chi connectivity index (χ2n) is 9.17. The molecule has 1 N–H and O–H groups in total. The summed E-state index contributed by atoms with van der Waals surface area (Å²) in [6.45, 7) is 3.01. The van der Waals surface area contributed by atoms with Crippen LogP contribution in [0.5, 0.6) is 11.5 Å². The first kappa shape index (κ1) is 23.9. The summed E-state index contributed by atoms with van der Waals surface area (Å²) in [4.78, 5) is 19.7. The van der Waals surface area contributed by atoms with Gasteiger partial charge in [-0.15, -0.1) is 11.8 Å². The van der Waals surface area contributed by atoms with E-state index in [-0.39, 0.29) is 11.3 Å². The van der Waals surface area contributed by atoms with Gasteiger partial charge in [0.1, 0.15) is 5.84 Å². The summed E-state index contributed by atoms with van der Waals surface area (Å²) in [5.41, 5.74) is 4.09. The number of allylic oxidation sites excluding steroid dienone is 1. The van der Waals surface area contributed by atoms with E-state index in [1.54, 1.807) is 26.0 Å². The number of nitrogens with one attached hydrogen (secondary N) is 1. The van der Waals surface area contributed by atoms with Crippen molar-refractivity contribution in [2.75, 3.05) is 27.0 Å². The fraction of sp³-hybridized carbons (Fsp3) is 0.538. The van der Waals surface area contributed by atoms with Crippen molar-refractivity contribution in [3.63, 3.8) is 0 Å². The highest BCUT2D eigenvalue weighted by molar-refractivity contribution is 8.00. The molecule has 0 bridgehead atoms. The topological polar surface area (TPSA) is 63.2 Å². The van der Waals surface area contributed by atoms with Crippen molar-refractivity contribution in [2.24, 2.45) is 10.9 Å². The minimum Gasteiger partial charge on any atom is -0.493 e. The zero-order valence-electron chi connectivity index (χ0n) is 20.1. The Morgan fingerprint density at radius 1 is 1.24 bits per heavy atom. The molecule has 4 rings (SSSR count). The Bertz CT molecular complexity index is 972. The normalized spacial score (nSPS) is 22.5. The number of methoxy groups -OCH3 is 2. The Hall–Kier alpha value is -2.25. The van der Waals surface area contributed by atoms with E-state index in [1.807, 2.05) is 18.2 Å². The van der Waals surface area contributed by atoms with Gasteiger partial charge in [-0.1, -0.05) is 17.7 Å². The minimum absolute atomic E-state index is 0.0149. The van der Waals surface area contributed by atoms with E-state index in [9.17, 15) is 4.79 Å². The van der Waals surface area contributed by atoms with Gasteiger partial charge in [0, 0.05) is 12.5 Å². The molecule has 2 aliphatic carbocycles. The third kappa shape index (κ3) is 6.01. The van der Waals surface area contributed by atoms with Crippen LogP contribution in [0.3, 0.4) is 0 Å². The molecule has 1 saturated carbocycles. The monoisotopic (exact) mass is 469 g/mol. The largest absolute Gasteiger partial charge is 0.493 e. The maximum Gasteiger partial charge on any atom is 0.235 e. The number of carbonyl (C=O) groups is 1. The molecule has 0 aromatic heterocycles. The van der Waals surface area contributed by atoms with E-state index < -0.39 is 0 Å². The SMILES string of the molecule is COc1ccc(CN(C)C(SCC(=O)NC2=NC3CC3C=C2)C2=C(C)CCCC2)cc1OC. The van der Waals surface area contributed by atoms with Crippen LogP contribution >= 0.6 is 11.8 Å². The number of hydrogen-bond acceptors (Lipinski definition) is 6. The average molecular weight is 470 g/mol. The van der Waals surface area contributed by atoms with Crippen LogP contribution in [0, 0.1) is 5.92 Å². The van der Waals surface area contributed by atoms with Crippen LogP contribution < -0.4 is 14.8 Å². The summed E-state index contributed by atoms with van der Waals surface area (Å²) < 4.78 is 10.9. The summed E-state index contributed by atoms with van der Waals surface area (Å²) in [7, 11) is 5.45. The number of rotatable bonds is 9. The summed E-state index contributed by atoms with van der Waals surface area (Å²) in [5, 5.41) is 3.15. The predicted octanol–water partition coefficient (Wildman–Crippen LogP) is 4.56. The maximum absolute atomic E-state index is 12.7. The van der Waals surface area contributed by atoms with E-state index >= 15 is 0 Å². The lowest BCUT2D eigenvalue weighted by atomic mass is 9.92. The molecular weight excluding hydrogens is 434 g/mol. The fourth-order valence-corrected chi connectivity index (χ4v) is 5.89. The fourth-order valence-electron chi connectivity index (χ4n) is 4.66. The van der Waals surface area contributed by atoms with Crippen LogP contribution in [0.1, 0.15) is 44.6 Å². The standard InChI is InChI=1S/C26H35N3O3S/c1-17-7-5-6-8-20(17)26(29(2)15-18-9-11-22(31-3)23(13-18)32-4)33-16-25(30)28-24-12-10-19-14-21(19)27-24/h9-13,19,21,26H,5-8,14-16H2,1-4H3,(H,27,28,30). The van der Waals surface area contributed by atoms with Crippen molar-refractivity contribution < 1.29 is 14.3 Å². The minimum atomic E-state index is 0.0149. The number of hydrogen-bond donors (Lipinski definition) is 1. The third-order valence-electron chi connectivity index (χ3n) is 6.63. The maximum atomic E-state index is 12.7. The first-order valence-corrected chi connectivity index (χ1v) is 12.8. The molecule has 0 saturated heterocycles. The number of aliphatic imine (C=N–C) groups is 1. The molecule has 1 aromatic carbocycles. The second kappa shape index (κ2) is 10.8. The molecule has 0 spiro atoms. The van der Waals surface area contributed by atoms with Gasteiger partial charge in [-0.3, -0.25) is 14.7 Å². The van der Waals surface area contributed by atoms with Gasteiger partial charge >= 0.3 is 0 Å². The lowest BCUT2D eigenvalue weighted by Gasteiger charge is -2.33. The van der Waals surface area contributed by atoms with E-state index in [0.717, 1.165) is 42.9 Å². The van der Waals surface area contributed by atoms with Gasteiger partial charge in [0.15, 0.2) is 11.5 Å². The van der Waals surface area contributed by atoms with Gasteiger partial charge in [-0.25, -0.2) is 0 Å². The molecular formula is C26H35N3O3S. The molecule has 1 amide bonds. The van der Waals surface area contributed by atoms with Crippen LogP contribution in [0.4, 0.5) is 0 Å². The molecule has 1 heterocycles. The summed E-state index contributed by atoms with van der Waals surface area (Å²) >= 11 is 1.71. The molecule has 7 heteroatoms. The van der Waals surface area contributed by atoms with Crippen molar-refractivity contribution in [3.8, 4) is 11.5 Å². The van der Waals surface area contributed by atoms with Gasteiger partial charge in [-0.05, 0) is 75.4 Å². The molecule has 1 aromatic rings. The highest BCUT2D eigenvalue weighted by atomic mass is 32.2. The Kier molecular flexibility index (Phi) is 7.81. The van der Waals surface area contributed by atoms with Crippen molar-refractivity contribution in [1.82, 2.24) is 10.2 Å². The van der Waals surface area contributed by atoms with Crippen molar-refractivity contribution in [3.05, 3.63) is 47.1 Å². The van der Waals surface area contributed by atoms with Crippen molar-refractivity contribution in [1.29, 1.82) is 0 Å². The van der Waals surface area contributed by atoms with Gasteiger partial charge in [0.05, 0.1) is 31.4 Å². The number of benzene rings is 1. The van der Waals surface area contributed by atoms with E-state index in [0.29, 0.717) is 23.5 Å². The number of amidine groups is 1. The lowest BCUT2D eigenvalue weighted by Crippen LogP contribution is -2.36. The zero-order chi connectivity index (χ0) is 23.4. The Labute approximate surface area is 201 Å². The predicted molar refractivity (Wildman–Crippen MR) is 135 cm³/mol. The molecule has 3 aliphatic rings. The Balaban J connectivity index is 1.44. The quantitative estimate of drug-likeness (QED) is 0.424. The average Bonchev–Trinajstić information content (AvgIpc) is 3.59. The summed E-state index contributed by atoms with van der Waals surface area (Å²) in [5.74, 6) is 3.19. The van der Waals surface area contributed by atoms with E-state index in [2.05, 4.69) is 41.3 Å². The van der Waals surface area contributed by atoms with Crippen molar-refractivity contribution in [2.45, 2.75) is 57.0 Å². The van der Waals surface area contributed by atoms with Gasteiger partial charge in [0.2, 0.25) is 5.91 Å².